The van der Waals surface area contributed by atoms with Gasteiger partial charge in [0.1, 0.15) is 6.61 Å². The maximum atomic E-state index is 12.7. The first-order valence-corrected chi connectivity index (χ1v) is 27.1. The van der Waals surface area contributed by atoms with Crippen molar-refractivity contribution in [2.75, 3.05) is 26.4 Å². The summed E-state index contributed by atoms with van der Waals surface area (Å²) in [5, 5.41) is 0. The Morgan fingerprint density at radius 1 is 0.435 bits per heavy atom. The highest BCUT2D eigenvalue weighted by Crippen LogP contribution is 2.43. The second kappa shape index (κ2) is 52.7. The van der Waals surface area contributed by atoms with E-state index in [0.717, 1.165) is 116 Å². The highest BCUT2D eigenvalue weighted by Gasteiger charge is 2.25. The van der Waals surface area contributed by atoms with E-state index in [4.69, 9.17) is 24.3 Å². The van der Waals surface area contributed by atoms with Gasteiger partial charge in [0.05, 0.1) is 13.2 Å². The van der Waals surface area contributed by atoms with Crippen LogP contribution in [0.1, 0.15) is 155 Å². The van der Waals surface area contributed by atoms with Crippen molar-refractivity contribution in [3.63, 3.8) is 0 Å². The third-order valence-corrected chi connectivity index (χ3v) is 10.6. The van der Waals surface area contributed by atoms with Crippen molar-refractivity contribution >= 4 is 19.8 Å². The van der Waals surface area contributed by atoms with Gasteiger partial charge in [0.15, 0.2) is 6.10 Å². The fourth-order valence-corrected chi connectivity index (χ4v) is 6.67. The van der Waals surface area contributed by atoms with Crippen molar-refractivity contribution in [3.8, 4) is 0 Å². The molecule has 0 amide bonds. The first kappa shape index (κ1) is 64.4. The van der Waals surface area contributed by atoms with Crippen LogP contribution >= 0.6 is 7.82 Å². The van der Waals surface area contributed by atoms with Crippen LogP contribution in [0.15, 0.2) is 170 Å². The van der Waals surface area contributed by atoms with Gasteiger partial charge in [-0.2, -0.15) is 0 Å². The number of esters is 2. The second-order valence-electron chi connectivity index (χ2n) is 15.9. The number of hydrogen-bond acceptors (Lipinski definition) is 8. The Balaban J connectivity index is 4.27. The Kier molecular flexibility index (Phi) is 49.2. The number of ether oxygens (including phenoxy) is 2. The number of unbranched alkanes of at least 4 members (excludes halogenated alkanes) is 4. The molecule has 0 heterocycles. The molecule has 2 atom stereocenters. The number of allylic oxidation sites excluding steroid dienone is 28. The van der Waals surface area contributed by atoms with Gasteiger partial charge in [-0.3, -0.25) is 18.6 Å². The van der Waals surface area contributed by atoms with Crippen LogP contribution in [0.25, 0.3) is 0 Å². The third kappa shape index (κ3) is 52.6. The second-order valence-corrected chi connectivity index (χ2v) is 17.4. The Hall–Kier alpha value is -4.63. The quantitative estimate of drug-likeness (QED) is 0.0265. The lowest BCUT2D eigenvalue weighted by Gasteiger charge is -2.19. The lowest BCUT2D eigenvalue weighted by atomic mass is 10.1. The van der Waals surface area contributed by atoms with E-state index in [2.05, 4.69) is 172 Å². The van der Waals surface area contributed by atoms with Crippen LogP contribution < -0.4 is 5.73 Å². The minimum absolute atomic E-state index is 0.0284. The van der Waals surface area contributed by atoms with Crippen molar-refractivity contribution in [2.45, 2.75) is 161 Å². The van der Waals surface area contributed by atoms with E-state index in [0.29, 0.717) is 12.8 Å². The molecule has 0 saturated heterocycles. The van der Waals surface area contributed by atoms with Gasteiger partial charge in [-0.05, 0) is 116 Å². The number of phosphoric acid groups is 1. The maximum Gasteiger partial charge on any atom is 0.472 e. The molecule has 0 aromatic carbocycles. The summed E-state index contributed by atoms with van der Waals surface area (Å²) in [6.07, 6.45) is 78.3. The number of rotatable bonds is 45. The summed E-state index contributed by atoms with van der Waals surface area (Å²) >= 11 is 0. The molecular formula is C59H90NO8P. The van der Waals surface area contributed by atoms with Crippen LogP contribution in [-0.4, -0.2) is 49.3 Å². The molecule has 0 aliphatic rings. The monoisotopic (exact) mass is 972 g/mol. The highest BCUT2D eigenvalue weighted by atomic mass is 31.2. The summed E-state index contributed by atoms with van der Waals surface area (Å²) in [4.78, 5) is 35.0. The van der Waals surface area contributed by atoms with Crippen molar-refractivity contribution in [1.29, 1.82) is 0 Å². The molecule has 2 unspecified atom stereocenters. The van der Waals surface area contributed by atoms with Gasteiger partial charge < -0.3 is 20.1 Å². The zero-order valence-corrected chi connectivity index (χ0v) is 43.4. The average molecular weight is 972 g/mol. The van der Waals surface area contributed by atoms with Crippen molar-refractivity contribution < 1.29 is 37.6 Å². The summed E-state index contributed by atoms with van der Waals surface area (Å²) in [6, 6.07) is 0. The summed E-state index contributed by atoms with van der Waals surface area (Å²) < 4.78 is 32.8. The molecule has 10 heteroatoms. The first-order valence-electron chi connectivity index (χ1n) is 25.6. The predicted molar refractivity (Wildman–Crippen MR) is 293 cm³/mol. The van der Waals surface area contributed by atoms with E-state index in [-0.39, 0.29) is 32.6 Å². The lowest BCUT2D eigenvalue weighted by Crippen LogP contribution is -2.29. The molecule has 0 bridgehead atoms. The highest BCUT2D eigenvalue weighted by molar-refractivity contribution is 7.47. The molecule has 384 valence electrons. The van der Waals surface area contributed by atoms with Gasteiger partial charge in [0.25, 0.3) is 0 Å². The normalized spacial score (nSPS) is 14.6. The Labute approximate surface area is 419 Å². The van der Waals surface area contributed by atoms with Gasteiger partial charge in [0, 0.05) is 19.4 Å². The molecule has 0 spiro atoms. The standard InChI is InChI=1S/C59H90NO8P/c1-3-5-7-9-11-13-15-17-19-21-23-24-25-26-27-28-29-30-31-32-34-36-38-40-42-44-46-48-50-52-59(62)68-57(56-67-69(63,64)66-54-53-60)55-65-58(61)51-49-47-45-43-41-39-37-35-33-22-20-18-16-14-12-10-8-6-4-2/h5-8,11-14,17-20,23-24,26-27,29-30,32-35,38-41,45,47,57H,3-4,9-10,15-16,21-22,25,28,31,36-37,42-44,46,48-56,60H2,1-2H3,(H,63,64)/b7-5-,8-6-,13-11-,14-12-,19-17-,20-18-,24-23-,27-26-,30-29-,34-32-,35-33-,40-38-,41-39-,47-45-. The molecule has 0 aliphatic carbocycles. The van der Waals surface area contributed by atoms with Crippen LogP contribution in [0.3, 0.4) is 0 Å². The van der Waals surface area contributed by atoms with Crippen LogP contribution in [0.5, 0.6) is 0 Å². The van der Waals surface area contributed by atoms with Crippen molar-refractivity contribution in [3.05, 3.63) is 170 Å². The molecule has 0 radical (unpaired) electrons. The largest absolute Gasteiger partial charge is 0.472 e. The van der Waals surface area contributed by atoms with Crippen molar-refractivity contribution in [1.82, 2.24) is 0 Å². The molecule has 0 aromatic heterocycles. The molecule has 0 aliphatic heterocycles. The molecule has 9 nitrogen and oxygen atoms in total. The summed E-state index contributed by atoms with van der Waals surface area (Å²) in [7, 11) is -4.42. The first-order chi connectivity index (χ1) is 33.8. The van der Waals surface area contributed by atoms with Gasteiger partial charge in [0.2, 0.25) is 0 Å². The number of carbonyl (C=O) groups excluding carboxylic acids is 2. The SMILES string of the molecule is CC/C=C\C/C=C\C/C=C\C/C=C\C/C=C\C/C=C\C/C=C\C/C=C\CCCCCCC(=O)OC(COC(=O)CC/C=C\C/C=C\C/C=C\C/C=C\C/C=C\C/C=C\CC)COP(=O)(O)OCCN. The van der Waals surface area contributed by atoms with E-state index < -0.39 is 32.5 Å². The molecule has 69 heavy (non-hydrogen) atoms. The third-order valence-electron chi connectivity index (χ3n) is 9.61. The molecule has 0 aromatic rings. The summed E-state index contributed by atoms with van der Waals surface area (Å²) in [5.41, 5.74) is 5.36. The zero-order valence-electron chi connectivity index (χ0n) is 42.5. The number of carbonyl (C=O) groups is 2. The van der Waals surface area contributed by atoms with E-state index in [1.807, 2.05) is 12.2 Å². The average Bonchev–Trinajstić information content (AvgIpc) is 3.34. The fraction of sp³-hybridized carbons (Fsp3) is 0.492. The summed E-state index contributed by atoms with van der Waals surface area (Å²) in [5.74, 6) is -0.975. The molecule has 0 rings (SSSR count). The van der Waals surface area contributed by atoms with Crippen LogP contribution in [-0.2, 0) is 32.7 Å². The van der Waals surface area contributed by atoms with E-state index in [1.165, 1.54) is 0 Å². The van der Waals surface area contributed by atoms with Gasteiger partial charge >= 0.3 is 19.8 Å². The van der Waals surface area contributed by atoms with Gasteiger partial charge in [-0.1, -0.05) is 197 Å². The Bertz CT molecular complexity index is 1720. The van der Waals surface area contributed by atoms with Crippen LogP contribution in [0.4, 0.5) is 0 Å². The minimum Gasteiger partial charge on any atom is -0.462 e. The van der Waals surface area contributed by atoms with E-state index >= 15 is 0 Å². The lowest BCUT2D eigenvalue weighted by molar-refractivity contribution is -0.161. The number of phosphoric ester groups is 1. The smallest absolute Gasteiger partial charge is 0.462 e. The molecule has 3 N–H and O–H groups in total. The molecule has 0 fully saturated rings. The van der Waals surface area contributed by atoms with E-state index in [9.17, 15) is 19.0 Å². The Morgan fingerprint density at radius 2 is 0.783 bits per heavy atom. The Morgan fingerprint density at radius 3 is 1.16 bits per heavy atom. The zero-order chi connectivity index (χ0) is 50.2. The minimum atomic E-state index is -4.42. The number of hydrogen-bond donors (Lipinski definition) is 2. The maximum absolute atomic E-state index is 12.7. The molecule has 0 saturated carbocycles. The van der Waals surface area contributed by atoms with Gasteiger partial charge in [-0.15, -0.1) is 0 Å². The van der Waals surface area contributed by atoms with Crippen molar-refractivity contribution in [2.24, 2.45) is 5.73 Å². The van der Waals surface area contributed by atoms with Crippen LogP contribution in [0.2, 0.25) is 0 Å². The topological polar surface area (TPSA) is 134 Å². The van der Waals surface area contributed by atoms with E-state index in [1.54, 1.807) is 0 Å². The van der Waals surface area contributed by atoms with Crippen LogP contribution in [0, 0.1) is 0 Å². The fourth-order valence-electron chi connectivity index (χ4n) is 5.91. The van der Waals surface area contributed by atoms with Gasteiger partial charge in [-0.25, -0.2) is 4.57 Å². The summed E-state index contributed by atoms with van der Waals surface area (Å²) in [6.45, 7) is 3.35. The number of nitrogens with two attached hydrogens (primary N) is 1. The predicted octanol–water partition coefficient (Wildman–Crippen LogP) is 15.9. The molecular weight excluding hydrogens is 882 g/mol.